The molecule has 1 amide bonds. The van der Waals surface area contributed by atoms with Crippen molar-refractivity contribution in [2.75, 3.05) is 18.4 Å². The average molecular weight is 456 g/mol. The topological polar surface area (TPSA) is 54.5 Å². The van der Waals surface area contributed by atoms with Gasteiger partial charge in [0.25, 0.3) is 5.91 Å². The summed E-state index contributed by atoms with van der Waals surface area (Å²) < 4.78 is 19.5. The Hall–Kier alpha value is -3.77. The van der Waals surface area contributed by atoms with Gasteiger partial charge < -0.3 is 10.1 Å². The minimum Gasteiger partial charge on any atom is -0.489 e. The number of aromatic nitrogens is 1. The average Bonchev–Trinajstić information content (AvgIpc) is 3.29. The molecule has 1 saturated heterocycles. The number of nitrogens with one attached hydrogen (secondary N) is 1. The SMILES string of the molecule is Cc1ccc(NC(=O)c2ccc3ncccc3c2)cc1OC1CCN(Cc2ccc(F)cc2)C1. The summed E-state index contributed by atoms with van der Waals surface area (Å²) in [6.45, 7) is 4.51. The van der Waals surface area contributed by atoms with Gasteiger partial charge in [-0.25, -0.2) is 4.39 Å². The highest BCUT2D eigenvalue weighted by molar-refractivity contribution is 6.06. The normalized spacial score (nSPS) is 16.0. The zero-order valence-electron chi connectivity index (χ0n) is 19.0. The number of pyridine rings is 1. The highest BCUT2D eigenvalue weighted by Gasteiger charge is 2.24. The molecular formula is C28H26FN3O2. The summed E-state index contributed by atoms with van der Waals surface area (Å²) in [5, 5.41) is 3.91. The molecule has 1 N–H and O–H groups in total. The van der Waals surface area contributed by atoms with Crippen LogP contribution in [0.3, 0.4) is 0 Å². The van der Waals surface area contributed by atoms with Crippen LogP contribution in [0.4, 0.5) is 10.1 Å². The maximum absolute atomic E-state index is 13.2. The second-order valence-corrected chi connectivity index (χ2v) is 8.74. The molecule has 0 saturated carbocycles. The van der Waals surface area contributed by atoms with E-state index in [1.807, 2.05) is 61.5 Å². The number of hydrogen-bond donors (Lipinski definition) is 1. The zero-order valence-corrected chi connectivity index (χ0v) is 19.0. The van der Waals surface area contributed by atoms with Crippen LogP contribution in [0.2, 0.25) is 0 Å². The number of halogens is 1. The molecule has 3 aromatic carbocycles. The number of hydrogen-bond acceptors (Lipinski definition) is 4. The Morgan fingerprint density at radius 2 is 1.97 bits per heavy atom. The molecule has 1 aromatic heterocycles. The number of anilines is 1. The van der Waals surface area contributed by atoms with Crippen molar-refractivity contribution in [3.63, 3.8) is 0 Å². The number of nitrogens with zero attached hydrogens (tertiary/aromatic N) is 2. The molecule has 0 aliphatic carbocycles. The van der Waals surface area contributed by atoms with Gasteiger partial charge in [0.15, 0.2) is 0 Å². The first-order valence-electron chi connectivity index (χ1n) is 11.4. The first-order valence-corrected chi connectivity index (χ1v) is 11.4. The summed E-state index contributed by atoms with van der Waals surface area (Å²) in [7, 11) is 0. The van der Waals surface area contributed by atoms with E-state index < -0.39 is 0 Å². The maximum atomic E-state index is 13.2. The molecule has 1 aliphatic rings. The predicted molar refractivity (Wildman–Crippen MR) is 132 cm³/mol. The number of amides is 1. The van der Waals surface area contributed by atoms with E-state index in [9.17, 15) is 9.18 Å². The monoisotopic (exact) mass is 455 g/mol. The Balaban J connectivity index is 1.23. The maximum Gasteiger partial charge on any atom is 0.255 e. The first-order chi connectivity index (χ1) is 16.5. The van der Waals surface area contributed by atoms with Crippen molar-refractivity contribution in [2.45, 2.75) is 26.0 Å². The van der Waals surface area contributed by atoms with Gasteiger partial charge in [-0.3, -0.25) is 14.7 Å². The Labute approximate surface area is 198 Å². The third-order valence-electron chi connectivity index (χ3n) is 6.15. The lowest BCUT2D eigenvalue weighted by Crippen LogP contribution is -2.24. The molecule has 5 rings (SSSR count). The molecule has 0 radical (unpaired) electrons. The van der Waals surface area contributed by atoms with Crippen LogP contribution in [0.1, 0.15) is 27.9 Å². The number of ether oxygens (including phenoxy) is 1. The molecule has 6 heteroatoms. The van der Waals surface area contributed by atoms with Crippen LogP contribution in [-0.2, 0) is 6.54 Å². The largest absolute Gasteiger partial charge is 0.489 e. The molecule has 1 fully saturated rings. The molecule has 0 bridgehead atoms. The number of rotatable bonds is 6. The van der Waals surface area contributed by atoms with Crippen LogP contribution in [0, 0.1) is 12.7 Å². The van der Waals surface area contributed by atoms with Crippen molar-refractivity contribution < 1.29 is 13.9 Å². The van der Waals surface area contributed by atoms with Gasteiger partial charge in [0, 0.05) is 48.5 Å². The van der Waals surface area contributed by atoms with Crippen molar-refractivity contribution in [3.05, 3.63) is 102 Å². The molecule has 5 nitrogen and oxygen atoms in total. The van der Waals surface area contributed by atoms with Gasteiger partial charge >= 0.3 is 0 Å². The molecule has 1 unspecified atom stereocenters. The van der Waals surface area contributed by atoms with Crippen molar-refractivity contribution in [3.8, 4) is 5.75 Å². The third kappa shape index (κ3) is 5.07. The van der Waals surface area contributed by atoms with E-state index in [-0.39, 0.29) is 17.8 Å². The lowest BCUT2D eigenvalue weighted by Gasteiger charge is -2.18. The van der Waals surface area contributed by atoms with E-state index in [0.717, 1.165) is 53.8 Å². The lowest BCUT2D eigenvalue weighted by molar-refractivity contribution is 0.102. The van der Waals surface area contributed by atoms with Crippen LogP contribution in [0.25, 0.3) is 10.9 Å². The van der Waals surface area contributed by atoms with E-state index in [4.69, 9.17) is 4.74 Å². The zero-order chi connectivity index (χ0) is 23.5. The van der Waals surface area contributed by atoms with Crippen molar-refractivity contribution in [2.24, 2.45) is 0 Å². The molecule has 4 aromatic rings. The number of benzene rings is 3. The molecule has 2 heterocycles. The smallest absolute Gasteiger partial charge is 0.255 e. The number of fused-ring (bicyclic) bond motifs is 1. The number of carbonyl (C=O) groups is 1. The molecule has 34 heavy (non-hydrogen) atoms. The van der Waals surface area contributed by atoms with Gasteiger partial charge in [-0.05, 0) is 66.9 Å². The molecule has 1 atom stereocenters. The summed E-state index contributed by atoms with van der Waals surface area (Å²) in [5.41, 5.74) is 4.24. The van der Waals surface area contributed by atoms with Crippen molar-refractivity contribution in [1.29, 1.82) is 0 Å². The third-order valence-corrected chi connectivity index (χ3v) is 6.15. The van der Waals surface area contributed by atoms with Crippen LogP contribution in [0.15, 0.2) is 79.0 Å². The Morgan fingerprint density at radius 1 is 1.12 bits per heavy atom. The summed E-state index contributed by atoms with van der Waals surface area (Å²) in [5.74, 6) is 0.382. The first kappa shape index (κ1) is 22.0. The number of likely N-dealkylation sites (tertiary alicyclic amines) is 1. The quantitative estimate of drug-likeness (QED) is 0.412. The van der Waals surface area contributed by atoms with E-state index >= 15 is 0 Å². The van der Waals surface area contributed by atoms with Crippen LogP contribution < -0.4 is 10.1 Å². The van der Waals surface area contributed by atoms with E-state index in [1.165, 1.54) is 12.1 Å². The van der Waals surface area contributed by atoms with Gasteiger partial charge in [-0.1, -0.05) is 24.3 Å². The van der Waals surface area contributed by atoms with E-state index in [2.05, 4.69) is 15.2 Å². The van der Waals surface area contributed by atoms with Gasteiger partial charge in [0.05, 0.1) is 5.52 Å². The Kier molecular flexibility index (Phi) is 6.23. The lowest BCUT2D eigenvalue weighted by atomic mass is 10.1. The van der Waals surface area contributed by atoms with Gasteiger partial charge in [0.2, 0.25) is 0 Å². The fourth-order valence-corrected chi connectivity index (χ4v) is 4.29. The number of carbonyl (C=O) groups excluding carboxylic acids is 1. The van der Waals surface area contributed by atoms with Crippen molar-refractivity contribution in [1.82, 2.24) is 9.88 Å². The molecule has 1 aliphatic heterocycles. The minimum absolute atomic E-state index is 0.0677. The van der Waals surface area contributed by atoms with Gasteiger partial charge in [-0.2, -0.15) is 0 Å². The van der Waals surface area contributed by atoms with Crippen molar-refractivity contribution >= 4 is 22.5 Å². The summed E-state index contributed by atoms with van der Waals surface area (Å²) >= 11 is 0. The summed E-state index contributed by atoms with van der Waals surface area (Å²) in [4.78, 5) is 19.4. The molecule has 0 spiro atoms. The number of aryl methyl sites for hydroxylation is 1. The van der Waals surface area contributed by atoms with Crippen LogP contribution in [-0.4, -0.2) is 35.0 Å². The Morgan fingerprint density at radius 3 is 2.82 bits per heavy atom. The standard InChI is InChI=1S/C28H26FN3O2/c1-19-4-10-24(31-28(33)22-7-11-26-21(15-22)3-2-13-30-26)16-27(19)34-25-12-14-32(18-25)17-20-5-8-23(29)9-6-20/h2-11,13,15-16,25H,12,14,17-18H2,1H3,(H,31,33). The fourth-order valence-electron chi connectivity index (χ4n) is 4.29. The Bertz CT molecular complexity index is 1320. The second-order valence-electron chi connectivity index (χ2n) is 8.74. The fraction of sp³-hybridized carbons (Fsp3) is 0.214. The molecule has 172 valence electrons. The van der Waals surface area contributed by atoms with E-state index in [0.29, 0.717) is 11.3 Å². The highest BCUT2D eigenvalue weighted by Crippen LogP contribution is 2.27. The highest BCUT2D eigenvalue weighted by atomic mass is 19.1. The van der Waals surface area contributed by atoms with Crippen LogP contribution in [0.5, 0.6) is 5.75 Å². The van der Waals surface area contributed by atoms with E-state index in [1.54, 1.807) is 12.3 Å². The summed E-state index contributed by atoms with van der Waals surface area (Å²) in [6.07, 6.45) is 2.73. The second kappa shape index (κ2) is 9.61. The van der Waals surface area contributed by atoms with Gasteiger partial charge in [0.1, 0.15) is 17.7 Å². The van der Waals surface area contributed by atoms with Gasteiger partial charge in [-0.15, -0.1) is 0 Å². The molecular weight excluding hydrogens is 429 g/mol. The minimum atomic E-state index is -0.216. The predicted octanol–water partition coefficient (Wildman–Crippen LogP) is 5.59. The van der Waals surface area contributed by atoms with Crippen LogP contribution >= 0.6 is 0 Å². The summed E-state index contributed by atoms with van der Waals surface area (Å²) in [6, 6.07) is 21.7.